The molecule has 13 heteroatoms. The van der Waals surface area contributed by atoms with E-state index in [2.05, 4.69) is 40.1 Å². The molecule has 0 radical (unpaired) electrons. The SMILES string of the molecule is CCN(CC)c1ccc(CN(C[C@H](O)[C@H](Cc2ccccc2)NC(=O)[C@@H](NC(=O)OC)C(C)C)NC(=O)[C@@H](NC(=O)OC)C(C)(C)C)cc1. The molecule has 49 heavy (non-hydrogen) atoms. The summed E-state index contributed by atoms with van der Waals surface area (Å²) < 4.78 is 9.49. The molecular formula is C36H56N6O7. The second kappa shape index (κ2) is 19.6. The zero-order chi connectivity index (χ0) is 36.7. The van der Waals surface area contributed by atoms with E-state index in [4.69, 9.17) is 9.47 Å². The number of aliphatic hydroxyl groups is 1. The highest BCUT2D eigenvalue weighted by Gasteiger charge is 2.35. The summed E-state index contributed by atoms with van der Waals surface area (Å²) in [5.74, 6) is -1.27. The standard InChI is InChI=1S/C36H56N6O7/c1-10-41(11-2)27-19-17-26(18-20-27)22-42(40-33(45)31(36(5,6)7)39-35(47)49-9)23-29(43)28(21-25-15-13-12-14-16-25)37-32(44)30(24(3)4)38-34(46)48-8/h12-20,24,28-31,43H,10-11,21-23H2,1-9H3,(H,37,44)(H,38,46)(H,39,47)(H,40,45)/t28-,29-,30-,31+/m0/s1. The number of methoxy groups -OCH3 is 2. The number of amides is 4. The fourth-order valence-electron chi connectivity index (χ4n) is 5.34. The predicted octanol–water partition coefficient (Wildman–Crippen LogP) is 3.61. The van der Waals surface area contributed by atoms with E-state index in [0.29, 0.717) is 0 Å². The average Bonchev–Trinajstić information content (AvgIpc) is 3.06. The smallest absolute Gasteiger partial charge is 0.407 e. The first-order chi connectivity index (χ1) is 23.1. The minimum absolute atomic E-state index is 0.0901. The number of ether oxygens (including phenoxy) is 2. The Morgan fingerprint density at radius 2 is 1.37 bits per heavy atom. The lowest BCUT2D eigenvalue weighted by molar-refractivity contribution is -0.132. The molecule has 2 aromatic rings. The van der Waals surface area contributed by atoms with E-state index in [0.717, 1.165) is 29.9 Å². The molecule has 0 saturated carbocycles. The average molecular weight is 685 g/mol. The summed E-state index contributed by atoms with van der Waals surface area (Å²) in [7, 11) is 2.45. The van der Waals surface area contributed by atoms with E-state index in [1.807, 2.05) is 75.4 Å². The number of anilines is 1. The van der Waals surface area contributed by atoms with Crippen molar-refractivity contribution < 1.29 is 33.8 Å². The molecule has 4 amide bonds. The molecule has 0 fully saturated rings. The minimum Gasteiger partial charge on any atom is -0.453 e. The third-order valence-corrected chi connectivity index (χ3v) is 8.19. The zero-order valence-corrected chi connectivity index (χ0v) is 30.4. The third-order valence-electron chi connectivity index (χ3n) is 8.19. The van der Waals surface area contributed by atoms with E-state index in [1.54, 1.807) is 18.9 Å². The second-order valence-corrected chi connectivity index (χ2v) is 13.4. The number of carbonyl (C=O) groups excluding carboxylic acids is 4. The largest absolute Gasteiger partial charge is 0.453 e. The van der Waals surface area contributed by atoms with Crippen LogP contribution in [0.3, 0.4) is 0 Å². The van der Waals surface area contributed by atoms with Gasteiger partial charge in [0.25, 0.3) is 5.91 Å². The molecule has 0 aliphatic carbocycles. The van der Waals surface area contributed by atoms with Gasteiger partial charge in [0.15, 0.2) is 0 Å². The summed E-state index contributed by atoms with van der Waals surface area (Å²) >= 11 is 0. The van der Waals surface area contributed by atoms with Gasteiger partial charge in [-0.25, -0.2) is 14.6 Å². The molecule has 2 rings (SSSR count). The van der Waals surface area contributed by atoms with Crippen LogP contribution >= 0.6 is 0 Å². The quantitative estimate of drug-likeness (QED) is 0.157. The highest BCUT2D eigenvalue weighted by Crippen LogP contribution is 2.21. The van der Waals surface area contributed by atoms with E-state index >= 15 is 0 Å². The molecule has 4 atom stereocenters. The number of alkyl carbamates (subject to hydrolysis) is 2. The Labute approximate surface area is 291 Å². The Morgan fingerprint density at radius 1 is 0.796 bits per heavy atom. The number of nitrogens with one attached hydrogen (secondary N) is 4. The summed E-state index contributed by atoms with van der Waals surface area (Å²) in [5.41, 5.74) is 5.01. The van der Waals surface area contributed by atoms with Gasteiger partial charge in [-0.15, -0.1) is 0 Å². The van der Waals surface area contributed by atoms with Crippen LogP contribution < -0.4 is 26.3 Å². The lowest BCUT2D eigenvalue weighted by atomic mass is 9.86. The van der Waals surface area contributed by atoms with Crippen molar-refractivity contribution in [3.63, 3.8) is 0 Å². The highest BCUT2D eigenvalue weighted by molar-refractivity contribution is 5.86. The molecular weight excluding hydrogens is 628 g/mol. The van der Waals surface area contributed by atoms with Crippen LogP contribution in [0.1, 0.15) is 59.6 Å². The number of carbonyl (C=O) groups is 4. The molecule has 0 aromatic heterocycles. The lowest BCUT2D eigenvalue weighted by Gasteiger charge is -2.35. The van der Waals surface area contributed by atoms with Gasteiger partial charge in [-0.3, -0.25) is 15.0 Å². The number of hydrazine groups is 1. The summed E-state index contributed by atoms with van der Waals surface area (Å²) in [4.78, 5) is 53.7. The van der Waals surface area contributed by atoms with Gasteiger partial charge in [0.2, 0.25) is 5.91 Å². The maximum absolute atomic E-state index is 13.7. The van der Waals surface area contributed by atoms with Crippen molar-refractivity contribution in [2.24, 2.45) is 11.3 Å². The molecule has 13 nitrogen and oxygen atoms in total. The Bertz CT molecular complexity index is 1330. The predicted molar refractivity (Wildman–Crippen MR) is 190 cm³/mol. The Kier molecular flexibility index (Phi) is 16.3. The fraction of sp³-hybridized carbons (Fsp3) is 0.556. The normalized spacial score (nSPS) is 13.9. The minimum atomic E-state index is -1.19. The van der Waals surface area contributed by atoms with Crippen LogP contribution in [-0.4, -0.2) is 92.2 Å². The van der Waals surface area contributed by atoms with Gasteiger partial charge in [-0.1, -0.05) is 77.1 Å². The molecule has 0 spiro atoms. The number of rotatable bonds is 17. The van der Waals surface area contributed by atoms with Crippen molar-refractivity contribution in [3.8, 4) is 0 Å². The summed E-state index contributed by atoms with van der Waals surface area (Å²) in [5, 5.41) is 21.5. The van der Waals surface area contributed by atoms with Crippen LogP contribution in [0.15, 0.2) is 54.6 Å². The van der Waals surface area contributed by atoms with Gasteiger partial charge in [-0.2, -0.15) is 0 Å². The van der Waals surface area contributed by atoms with Gasteiger partial charge in [0.1, 0.15) is 12.1 Å². The van der Waals surface area contributed by atoms with Crippen molar-refractivity contribution in [1.29, 1.82) is 0 Å². The van der Waals surface area contributed by atoms with Gasteiger partial charge < -0.3 is 35.4 Å². The number of hydrogen-bond acceptors (Lipinski definition) is 9. The first-order valence-corrected chi connectivity index (χ1v) is 16.7. The van der Waals surface area contributed by atoms with Gasteiger partial charge in [0, 0.05) is 31.9 Å². The molecule has 0 aliphatic rings. The van der Waals surface area contributed by atoms with Crippen molar-refractivity contribution >= 4 is 29.7 Å². The third kappa shape index (κ3) is 13.2. The Hall–Kier alpha value is -4.36. The fourth-order valence-corrected chi connectivity index (χ4v) is 5.34. The van der Waals surface area contributed by atoms with Crippen molar-refractivity contribution in [2.75, 3.05) is 38.8 Å². The van der Waals surface area contributed by atoms with E-state index in [-0.39, 0.29) is 25.4 Å². The number of nitrogens with zero attached hydrogens (tertiary/aromatic N) is 2. The van der Waals surface area contributed by atoms with E-state index in [1.165, 1.54) is 14.2 Å². The van der Waals surface area contributed by atoms with Crippen LogP contribution in [0.4, 0.5) is 15.3 Å². The molecule has 0 heterocycles. The van der Waals surface area contributed by atoms with Crippen molar-refractivity contribution in [2.45, 2.75) is 85.7 Å². The molecule has 272 valence electrons. The number of aliphatic hydroxyl groups excluding tert-OH is 1. The molecule has 0 bridgehead atoms. The summed E-state index contributed by atoms with van der Waals surface area (Å²) in [6.45, 7) is 15.0. The first-order valence-electron chi connectivity index (χ1n) is 16.7. The van der Waals surface area contributed by atoms with Crippen LogP contribution in [0, 0.1) is 11.3 Å². The summed E-state index contributed by atoms with van der Waals surface area (Å²) in [6.07, 6.45) is -2.42. The van der Waals surface area contributed by atoms with Gasteiger partial charge >= 0.3 is 12.2 Å². The van der Waals surface area contributed by atoms with E-state index < -0.39 is 53.6 Å². The highest BCUT2D eigenvalue weighted by atomic mass is 16.5. The van der Waals surface area contributed by atoms with Crippen LogP contribution in [-0.2, 0) is 32.0 Å². The number of hydrogen-bond donors (Lipinski definition) is 5. The van der Waals surface area contributed by atoms with Gasteiger partial charge in [0.05, 0.1) is 26.4 Å². The molecule has 0 aliphatic heterocycles. The van der Waals surface area contributed by atoms with Crippen molar-refractivity contribution in [3.05, 3.63) is 65.7 Å². The van der Waals surface area contributed by atoms with Crippen LogP contribution in [0.2, 0.25) is 0 Å². The lowest BCUT2D eigenvalue weighted by Crippen LogP contribution is -2.60. The molecule has 0 saturated heterocycles. The summed E-state index contributed by atoms with van der Waals surface area (Å²) in [6, 6.07) is 14.6. The Morgan fingerprint density at radius 3 is 1.88 bits per heavy atom. The van der Waals surface area contributed by atoms with Crippen LogP contribution in [0.5, 0.6) is 0 Å². The molecule has 2 aromatic carbocycles. The molecule has 5 N–H and O–H groups in total. The number of benzene rings is 2. The molecule has 0 unspecified atom stereocenters. The van der Waals surface area contributed by atoms with Crippen LogP contribution in [0.25, 0.3) is 0 Å². The maximum atomic E-state index is 13.7. The topological polar surface area (TPSA) is 162 Å². The monoisotopic (exact) mass is 684 g/mol. The van der Waals surface area contributed by atoms with Crippen molar-refractivity contribution in [1.82, 2.24) is 26.4 Å². The second-order valence-electron chi connectivity index (χ2n) is 13.4. The zero-order valence-electron chi connectivity index (χ0n) is 30.4. The Balaban J connectivity index is 2.46. The first kappa shape index (κ1) is 40.8. The van der Waals surface area contributed by atoms with E-state index in [9.17, 15) is 24.3 Å². The van der Waals surface area contributed by atoms with Gasteiger partial charge in [-0.05, 0) is 54.9 Å². The maximum Gasteiger partial charge on any atom is 0.407 e.